The summed E-state index contributed by atoms with van der Waals surface area (Å²) in [5.41, 5.74) is 0. The first-order valence-corrected chi connectivity index (χ1v) is 5.77. The summed E-state index contributed by atoms with van der Waals surface area (Å²) in [6, 6.07) is 3.89. The first-order chi connectivity index (χ1) is 6.81. The van der Waals surface area contributed by atoms with Crippen LogP contribution in [0.2, 0.25) is 0 Å². The molecule has 2 N–H and O–H groups in total. The largest absolute Gasteiger partial charge is 0.337 e. The molecule has 2 atom stereocenters. The Hall–Kier alpha value is -1.01. The molecular weight excluding hydrogens is 220 g/mol. The summed E-state index contributed by atoms with van der Waals surface area (Å²) in [5.74, 6) is 0. The number of thioether (sulfide) groups is 1. The summed E-state index contributed by atoms with van der Waals surface area (Å²) < 4.78 is 0. The zero-order valence-electron chi connectivity index (χ0n) is 7.10. The van der Waals surface area contributed by atoms with E-state index in [9.17, 15) is 9.59 Å². The molecule has 0 saturated carbocycles. The molecule has 74 valence electrons. The minimum atomic E-state index is -0.288. The Kier molecular flexibility index (Phi) is 2.74. The zero-order valence-corrected chi connectivity index (χ0v) is 8.73. The molecular formula is C8H8N2O2S2. The van der Waals surface area contributed by atoms with E-state index >= 15 is 0 Å². The molecule has 1 aliphatic heterocycles. The molecule has 1 aliphatic rings. The van der Waals surface area contributed by atoms with Crippen LogP contribution in [0.4, 0.5) is 4.79 Å². The maximum atomic E-state index is 11.1. The van der Waals surface area contributed by atoms with Gasteiger partial charge in [0.15, 0.2) is 0 Å². The number of carbonyl (C=O) groups excluding carboxylic acids is 2. The van der Waals surface area contributed by atoms with Crippen LogP contribution in [0.3, 0.4) is 0 Å². The van der Waals surface area contributed by atoms with Gasteiger partial charge in [0.1, 0.15) is 6.17 Å². The van der Waals surface area contributed by atoms with Crippen molar-refractivity contribution < 1.29 is 9.59 Å². The molecule has 14 heavy (non-hydrogen) atoms. The van der Waals surface area contributed by atoms with Gasteiger partial charge in [-0.05, 0) is 11.4 Å². The van der Waals surface area contributed by atoms with Crippen molar-refractivity contribution >= 4 is 34.7 Å². The van der Waals surface area contributed by atoms with Crippen LogP contribution in [-0.4, -0.2) is 17.8 Å². The van der Waals surface area contributed by atoms with Crippen LogP contribution in [0.25, 0.3) is 0 Å². The summed E-state index contributed by atoms with van der Waals surface area (Å²) in [4.78, 5) is 22.5. The summed E-state index contributed by atoms with van der Waals surface area (Å²) in [6.07, 6.45) is 0.320. The molecule has 1 aromatic heterocycles. The second-order valence-electron chi connectivity index (χ2n) is 2.75. The molecule has 2 heterocycles. The van der Waals surface area contributed by atoms with Crippen LogP contribution in [0.15, 0.2) is 17.5 Å². The van der Waals surface area contributed by atoms with Crippen molar-refractivity contribution in [1.82, 2.24) is 10.6 Å². The number of nitrogens with one attached hydrogen (secondary N) is 2. The fraction of sp³-hybridized carbons (Fsp3) is 0.250. The quantitative estimate of drug-likeness (QED) is 0.767. The van der Waals surface area contributed by atoms with Gasteiger partial charge in [0.2, 0.25) is 6.41 Å². The Bertz CT molecular complexity index is 339. The minimum Gasteiger partial charge on any atom is -0.337 e. The highest BCUT2D eigenvalue weighted by Gasteiger charge is 2.34. The Morgan fingerprint density at radius 1 is 1.57 bits per heavy atom. The molecule has 1 fully saturated rings. The maximum absolute atomic E-state index is 11.1. The van der Waals surface area contributed by atoms with E-state index in [0.717, 1.165) is 4.88 Å². The SMILES string of the molecule is O=CNC1NC(=O)SC1c1cccs1. The first-order valence-electron chi connectivity index (χ1n) is 4.01. The average molecular weight is 228 g/mol. The van der Waals surface area contributed by atoms with E-state index in [1.54, 1.807) is 11.3 Å². The van der Waals surface area contributed by atoms with E-state index < -0.39 is 0 Å². The number of amides is 2. The van der Waals surface area contributed by atoms with Crippen molar-refractivity contribution in [3.8, 4) is 0 Å². The van der Waals surface area contributed by atoms with Gasteiger partial charge in [-0.3, -0.25) is 9.59 Å². The molecule has 0 aromatic carbocycles. The van der Waals surface area contributed by atoms with Crippen LogP contribution in [0, 0.1) is 0 Å². The Balaban J connectivity index is 2.17. The molecule has 0 radical (unpaired) electrons. The minimum absolute atomic E-state index is 0.00676. The highest BCUT2D eigenvalue weighted by Crippen LogP contribution is 2.38. The van der Waals surface area contributed by atoms with Crippen molar-refractivity contribution in [3.05, 3.63) is 22.4 Å². The van der Waals surface area contributed by atoms with Gasteiger partial charge in [0.25, 0.3) is 5.24 Å². The van der Waals surface area contributed by atoms with Crippen molar-refractivity contribution in [2.75, 3.05) is 0 Å². The molecule has 0 aliphatic carbocycles. The molecule has 0 bridgehead atoms. The smallest absolute Gasteiger partial charge is 0.281 e. The summed E-state index contributed by atoms with van der Waals surface area (Å²) >= 11 is 2.79. The number of carbonyl (C=O) groups is 2. The van der Waals surface area contributed by atoms with E-state index in [1.165, 1.54) is 11.8 Å². The number of thiophene rings is 1. The van der Waals surface area contributed by atoms with Gasteiger partial charge in [-0.25, -0.2) is 0 Å². The fourth-order valence-electron chi connectivity index (χ4n) is 1.30. The number of rotatable bonds is 3. The molecule has 2 rings (SSSR count). The number of hydrogen-bond acceptors (Lipinski definition) is 4. The van der Waals surface area contributed by atoms with E-state index in [4.69, 9.17) is 0 Å². The lowest BCUT2D eigenvalue weighted by atomic mass is 10.3. The molecule has 0 spiro atoms. The van der Waals surface area contributed by atoms with Crippen LogP contribution in [-0.2, 0) is 4.79 Å². The summed E-state index contributed by atoms with van der Waals surface area (Å²) in [6.45, 7) is 0. The van der Waals surface area contributed by atoms with Gasteiger partial charge in [-0.15, -0.1) is 11.3 Å². The molecule has 1 aromatic rings. The molecule has 1 saturated heterocycles. The third kappa shape index (κ3) is 1.76. The fourth-order valence-corrected chi connectivity index (χ4v) is 3.25. The van der Waals surface area contributed by atoms with Crippen molar-refractivity contribution in [2.45, 2.75) is 11.4 Å². The standard InChI is InChI=1S/C8H8N2O2S2/c11-4-9-7-6(14-8(12)10-7)5-2-1-3-13-5/h1-4,6-7H,(H,9,11)(H,10,12). The lowest BCUT2D eigenvalue weighted by Gasteiger charge is -2.14. The monoisotopic (exact) mass is 228 g/mol. The zero-order chi connectivity index (χ0) is 9.97. The highest BCUT2D eigenvalue weighted by atomic mass is 32.2. The Labute approximate surface area is 89.1 Å². The predicted molar refractivity (Wildman–Crippen MR) is 56.2 cm³/mol. The first kappa shape index (κ1) is 9.54. The van der Waals surface area contributed by atoms with Gasteiger partial charge in [-0.1, -0.05) is 17.8 Å². The normalized spacial score (nSPS) is 25.9. The molecule has 4 nitrogen and oxygen atoms in total. The van der Waals surface area contributed by atoms with E-state index in [1.807, 2.05) is 17.5 Å². The van der Waals surface area contributed by atoms with Gasteiger partial charge < -0.3 is 10.6 Å². The van der Waals surface area contributed by atoms with Gasteiger partial charge in [0.05, 0.1) is 5.25 Å². The maximum Gasteiger partial charge on any atom is 0.281 e. The second-order valence-corrected chi connectivity index (χ2v) is 4.84. The average Bonchev–Trinajstić information content (AvgIpc) is 2.74. The van der Waals surface area contributed by atoms with E-state index in [-0.39, 0.29) is 16.7 Å². The third-order valence-electron chi connectivity index (χ3n) is 1.88. The summed E-state index contributed by atoms with van der Waals surface area (Å²) in [7, 11) is 0. The van der Waals surface area contributed by atoms with E-state index in [2.05, 4.69) is 10.6 Å². The van der Waals surface area contributed by atoms with Gasteiger partial charge in [0, 0.05) is 4.88 Å². The second kappa shape index (κ2) is 4.02. The highest BCUT2D eigenvalue weighted by molar-refractivity contribution is 8.14. The van der Waals surface area contributed by atoms with Crippen LogP contribution in [0.5, 0.6) is 0 Å². The van der Waals surface area contributed by atoms with Crippen molar-refractivity contribution in [2.24, 2.45) is 0 Å². The van der Waals surface area contributed by atoms with E-state index in [0.29, 0.717) is 6.41 Å². The van der Waals surface area contributed by atoms with Crippen molar-refractivity contribution in [3.63, 3.8) is 0 Å². The Morgan fingerprint density at radius 2 is 2.43 bits per heavy atom. The lowest BCUT2D eigenvalue weighted by molar-refractivity contribution is -0.110. The third-order valence-corrected chi connectivity index (χ3v) is 4.10. The lowest BCUT2D eigenvalue weighted by Crippen LogP contribution is -2.40. The molecule has 2 unspecified atom stereocenters. The predicted octanol–water partition coefficient (Wildman–Crippen LogP) is 1.32. The molecule has 2 amide bonds. The number of hydrogen-bond donors (Lipinski definition) is 2. The Morgan fingerprint density at radius 3 is 3.07 bits per heavy atom. The van der Waals surface area contributed by atoms with Crippen LogP contribution < -0.4 is 10.6 Å². The molecule has 6 heteroatoms. The van der Waals surface area contributed by atoms with Crippen LogP contribution in [0.1, 0.15) is 10.1 Å². The van der Waals surface area contributed by atoms with Gasteiger partial charge in [-0.2, -0.15) is 0 Å². The topological polar surface area (TPSA) is 58.2 Å². The van der Waals surface area contributed by atoms with Crippen LogP contribution >= 0.6 is 23.1 Å². The van der Waals surface area contributed by atoms with Crippen molar-refractivity contribution in [1.29, 1.82) is 0 Å². The summed E-state index contributed by atoms with van der Waals surface area (Å²) in [5, 5.41) is 7.12. The van der Waals surface area contributed by atoms with Gasteiger partial charge >= 0.3 is 0 Å².